The zero-order chi connectivity index (χ0) is 16.1. The van der Waals surface area contributed by atoms with Crippen LogP contribution in [-0.2, 0) is 14.3 Å². The Morgan fingerprint density at radius 2 is 2.00 bits per heavy atom. The number of ether oxygens (including phenoxy) is 2. The number of hydrogen-bond acceptors (Lipinski definition) is 4. The molecule has 0 heterocycles. The van der Waals surface area contributed by atoms with Crippen LogP contribution in [0.4, 0.5) is 0 Å². The predicted molar refractivity (Wildman–Crippen MR) is 85.0 cm³/mol. The van der Waals surface area contributed by atoms with E-state index >= 15 is 0 Å². The topological polar surface area (TPSA) is 61.5 Å². The van der Waals surface area contributed by atoms with Gasteiger partial charge in [-0.3, -0.25) is 4.79 Å². The van der Waals surface area contributed by atoms with Crippen LogP contribution in [0.25, 0.3) is 0 Å². The van der Waals surface area contributed by atoms with Gasteiger partial charge in [0.05, 0.1) is 13.2 Å². The summed E-state index contributed by atoms with van der Waals surface area (Å²) in [6, 6.07) is 0. The Bertz CT molecular complexity index is 339. The molecule has 0 aliphatic heterocycles. The van der Waals surface area contributed by atoms with Crippen LogP contribution < -0.4 is 5.73 Å². The van der Waals surface area contributed by atoms with E-state index in [1.165, 1.54) is 20.0 Å². The van der Waals surface area contributed by atoms with E-state index in [9.17, 15) is 4.79 Å². The lowest BCUT2D eigenvalue weighted by Crippen LogP contribution is -2.45. The van der Waals surface area contributed by atoms with Gasteiger partial charge in [0.25, 0.3) is 0 Å². The smallest absolute Gasteiger partial charge is 0.325 e. The van der Waals surface area contributed by atoms with Gasteiger partial charge >= 0.3 is 5.97 Å². The summed E-state index contributed by atoms with van der Waals surface area (Å²) in [5, 5.41) is 0. The molecule has 3 unspecified atom stereocenters. The van der Waals surface area contributed by atoms with Crippen LogP contribution in [0.15, 0.2) is 0 Å². The van der Waals surface area contributed by atoms with Crippen molar-refractivity contribution in [3.63, 3.8) is 0 Å². The third-order valence-corrected chi connectivity index (χ3v) is 4.44. The standard InChI is InChI=1S/C17H33NO3/c1-13-10-14(12-16(2,3)11-13)21-9-7-6-8-17(4,18)15(19)20-5/h13-14H,6-12,18H2,1-5H3. The molecule has 124 valence electrons. The van der Waals surface area contributed by atoms with Crippen molar-refractivity contribution in [3.8, 4) is 0 Å². The van der Waals surface area contributed by atoms with Gasteiger partial charge in [-0.05, 0) is 56.8 Å². The Morgan fingerprint density at radius 1 is 1.33 bits per heavy atom. The molecular weight excluding hydrogens is 266 g/mol. The Hall–Kier alpha value is -0.610. The van der Waals surface area contributed by atoms with Crippen molar-refractivity contribution in [3.05, 3.63) is 0 Å². The highest BCUT2D eigenvalue weighted by Crippen LogP contribution is 2.39. The highest BCUT2D eigenvalue weighted by atomic mass is 16.5. The molecule has 4 nitrogen and oxygen atoms in total. The summed E-state index contributed by atoms with van der Waals surface area (Å²) < 4.78 is 10.7. The van der Waals surface area contributed by atoms with Crippen molar-refractivity contribution in [2.24, 2.45) is 17.1 Å². The molecule has 1 saturated carbocycles. The predicted octanol–water partition coefficient (Wildman–Crippen LogP) is 3.28. The summed E-state index contributed by atoms with van der Waals surface area (Å²) in [6.07, 6.45) is 6.44. The van der Waals surface area contributed by atoms with Crippen molar-refractivity contribution in [2.45, 2.75) is 77.9 Å². The summed E-state index contributed by atoms with van der Waals surface area (Å²) in [5.74, 6) is 0.400. The average Bonchev–Trinajstić information content (AvgIpc) is 2.34. The first-order valence-corrected chi connectivity index (χ1v) is 8.15. The first-order valence-electron chi connectivity index (χ1n) is 8.15. The van der Waals surface area contributed by atoms with Gasteiger partial charge < -0.3 is 15.2 Å². The SMILES string of the molecule is COC(=O)C(C)(N)CCCCOC1CC(C)CC(C)(C)C1. The van der Waals surface area contributed by atoms with Gasteiger partial charge in [-0.25, -0.2) is 0 Å². The number of carbonyl (C=O) groups is 1. The van der Waals surface area contributed by atoms with Gasteiger partial charge in [0.15, 0.2) is 0 Å². The lowest BCUT2D eigenvalue weighted by molar-refractivity contribution is -0.146. The molecule has 1 aliphatic carbocycles. The monoisotopic (exact) mass is 299 g/mol. The maximum atomic E-state index is 11.5. The molecule has 4 heteroatoms. The van der Waals surface area contributed by atoms with E-state index in [1.54, 1.807) is 6.92 Å². The second-order valence-electron chi connectivity index (χ2n) is 7.77. The maximum Gasteiger partial charge on any atom is 0.325 e. The van der Waals surface area contributed by atoms with E-state index < -0.39 is 5.54 Å². The fourth-order valence-electron chi connectivity index (χ4n) is 3.56. The van der Waals surface area contributed by atoms with Crippen molar-refractivity contribution in [2.75, 3.05) is 13.7 Å². The van der Waals surface area contributed by atoms with Crippen LogP contribution in [0.3, 0.4) is 0 Å². The second-order valence-corrected chi connectivity index (χ2v) is 7.77. The molecule has 0 bridgehead atoms. The molecule has 3 atom stereocenters. The normalized spacial score (nSPS) is 27.9. The number of hydrogen-bond donors (Lipinski definition) is 1. The van der Waals surface area contributed by atoms with E-state index in [4.69, 9.17) is 15.2 Å². The van der Waals surface area contributed by atoms with Crippen LogP contribution in [-0.4, -0.2) is 31.3 Å². The van der Waals surface area contributed by atoms with Crippen LogP contribution in [0.2, 0.25) is 0 Å². The summed E-state index contributed by atoms with van der Waals surface area (Å²) in [4.78, 5) is 11.5. The molecule has 0 amide bonds. The number of nitrogens with two attached hydrogens (primary N) is 1. The molecule has 0 radical (unpaired) electrons. The molecule has 2 N–H and O–H groups in total. The van der Waals surface area contributed by atoms with Crippen molar-refractivity contribution >= 4 is 5.97 Å². The van der Waals surface area contributed by atoms with Crippen LogP contribution in [0, 0.1) is 11.3 Å². The summed E-state index contributed by atoms with van der Waals surface area (Å²) >= 11 is 0. The van der Waals surface area contributed by atoms with Gasteiger partial charge in [0, 0.05) is 6.61 Å². The van der Waals surface area contributed by atoms with Crippen molar-refractivity contribution in [1.29, 1.82) is 0 Å². The van der Waals surface area contributed by atoms with E-state index in [-0.39, 0.29) is 5.97 Å². The molecule has 21 heavy (non-hydrogen) atoms. The fourth-order valence-corrected chi connectivity index (χ4v) is 3.56. The Balaban J connectivity index is 2.21. The van der Waals surface area contributed by atoms with Crippen molar-refractivity contribution < 1.29 is 14.3 Å². The Kier molecular flexibility index (Phi) is 6.67. The zero-order valence-corrected chi connectivity index (χ0v) is 14.4. The Labute approximate surface area is 129 Å². The quantitative estimate of drug-likeness (QED) is 0.579. The number of methoxy groups -OCH3 is 1. The molecular formula is C17H33NO3. The van der Waals surface area contributed by atoms with Gasteiger partial charge in [-0.15, -0.1) is 0 Å². The van der Waals surface area contributed by atoms with Crippen LogP contribution in [0.5, 0.6) is 0 Å². The number of unbranched alkanes of at least 4 members (excludes halogenated alkanes) is 1. The molecule has 0 spiro atoms. The average molecular weight is 299 g/mol. The summed E-state index contributed by atoms with van der Waals surface area (Å²) in [6.45, 7) is 9.45. The number of carbonyl (C=O) groups excluding carboxylic acids is 1. The van der Waals surface area contributed by atoms with Crippen LogP contribution in [0.1, 0.15) is 66.2 Å². The minimum absolute atomic E-state index is 0.341. The first-order chi connectivity index (χ1) is 9.66. The highest BCUT2D eigenvalue weighted by Gasteiger charge is 2.32. The summed E-state index contributed by atoms with van der Waals surface area (Å²) in [7, 11) is 1.38. The largest absolute Gasteiger partial charge is 0.468 e. The van der Waals surface area contributed by atoms with Gasteiger partial charge in [-0.1, -0.05) is 20.8 Å². The van der Waals surface area contributed by atoms with Crippen LogP contribution >= 0.6 is 0 Å². The lowest BCUT2D eigenvalue weighted by Gasteiger charge is -2.38. The third-order valence-electron chi connectivity index (χ3n) is 4.44. The van der Waals surface area contributed by atoms with E-state index in [1.807, 2.05) is 0 Å². The fraction of sp³-hybridized carbons (Fsp3) is 0.941. The molecule has 1 aliphatic rings. The molecule has 0 saturated heterocycles. The maximum absolute atomic E-state index is 11.5. The van der Waals surface area contributed by atoms with E-state index in [2.05, 4.69) is 20.8 Å². The number of rotatable bonds is 7. The second kappa shape index (κ2) is 7.59. The van der Waals surface area contributed by atoms with E-state index in [0.29, 0.717) is 17.9 Å². The molecule has 0 aromatic rings. The minimum atomic E-state index is -0.879. The highest BCUT2D eigenvalue weighted by molar-refractivity contribution is 5.79. The minimum Gasteiger partial charge on any atom is -0.468 e. The summed E-state index contributed by atoms with van der Waals surface area (Å²) in [5.41, 5.74) is 5.45. The molecule has 1 rings (SSSR count). The zero-order valence-electron chi connectivity index (χ0n) is 14.4. The van der Waals surface area contributed by atoms with Gasteiger partial charge in [-0.2, -0.15) is 0 Å². The lowest BCUT2D eigenvalue weighted by atomic mass is 9.71. The van der Waals surface area contributed by atoms with Gasteiger partial charge in [0.2, 0.25) is 0 Å². The first kappa shape index (κ1) is 18.4. The Morgan fingerprint density at radius 3 is 2.57 bits per heavy atom. The number of esters is 1. The molecule has 1 fully saturated rings. The molecule has 0 aromatic carbocycles. The van der Waals surface area contributed by atoms with E-state index in [0.717, 1.165) is 31.8 Å². The molecule has 0 aromatic heterocycles. The third kappa shape index (κ3) is 6.35. The van der Waals surface area contributed by atoms with Crippen molar-refractivity contribution in [1.82, 2.24) is 0 Å². The van der Waals surface area contributed by atoms with Gasteiger partial charge in [0.1, 0.15) is 5.54 Å².